The van der Waals surface area contributed by atoms with Gasteiger partial charge in [-0.15, -0.1) is 0 Å². The van der Waals surface area contributed by atoms with Gasteiger partial charge >= 0.3 is 6.09 Å². The Kier molecular flexibility index (Phi) is 7.33. The van der Waals surface area contributed by atoms with Gasteiger partial charge in [0.1, 0.15) is 5.60 Å². The van der Waals surface area contributed by atoms with Gasteiger partial charge in [-0.2, -0.15) is 0 Å². The molecular formula is C27H32N2O4S. The highest BCUT2D eigenvalue weighted by atomic mass is 32.2. The smallest absolute Gasteiger partial charge is 0.407 e. The van der Waals surface area contributed by atoms with Gasteiger partial charge in [-0.3, -0.25) is 4.79 Å². The zero-order chi connectivity index (χ0) is 24.3. The van der Waals surface area contributed by atoms with Crippen LogP contribution < -0.4 is 5.32 Å². The Hall–Kier alpha value is -2.77. The maximum Gasteiger partial charge on any atom is 0.407 e. The molecule has 2 N–H and O–H groups in total. The number of hydrogen-bond donors (Lipinski definition) is 2. The lowest BCUT2D eigenvalue weighted by molar-refractivity contribution is -0.132. The number of carbonyl (C=O) groups excluding carboxylic acids is 2. The summed E-state index contributed by atoms with van der Waals surface area (Å²) in [4.78, 5) is 29.3. The number of rotatable bonds is 4. The van der Waals surface area contributed by atoms with Crippen LogP contribution in [0.5, 0.6) is 0 Å². The quantitative estimate of drug-likeness (QED) is 0.558. The van der Waals surface area contributed by atoms with E-state index < -0.39 is 17.7 Å². The van der Waals surface area contributed by atoms with Gasteiger partial charge < -0.3 is 20.1 Å². The minimum absolute atomic E-state index is 0.0456. The summed E-state index contributed by atoms with van der Waals surface area (Å²) in [5.41, 5.74) is 4.57. The van der Waals surface area contributed by atoms with E-state index in [1.165, 1.54) is 32.1 Å². The van der Waals surface area contributed by atoms with E-state index in [9.17, 15) is 14.7 Å². The molecule has 7 heteroatoms. The topological polar surface area (TPSA) is 78.9 Å². The molecule has 0 bridgehead atoms. The first kappa shape index (κ1) is 24.4. The van der Waals surface area contributed by atoms with Gasteiger partial charge in [-0.05, 0) is 62.4 Å². The van der Waals surface area contributed by atoms with Crippen molar-refractivity contribution < 1.29 is 19.4 Å². The van der Waals surface area contributed by atoms with Crippen LogP contribution in [-0.2, 0) is 9.53 Å². The van der Waals surface area contributed by atoms with Crippen molar-refractivity contribution in [1.82, 2.24) is 10.2 Å². The maximum atomic E-state index is 12.9. The molecule has 1 saturated heterocycles. The summed E-state index contributed by atoms with van der Waals surface area (Å²) >= 11 is 1.81. The summed E-state index contributed by atoms with van der Waals surface area (Å²) in [6.45, 7) is 6.24. The fourth-order valence-corrected chi connectivity index (χ4v) is 5.51. The number of fused-ring (bicyclic) bond motifs is 2. The Morgan fingerprint density at radius 1 is 1.03 bits per heavy atom. The molecule has 0 saturated carbocycles. The van der Waals surface area contributed by atoms with Crippen LogP contribution in [-0.4, -0.2) is 53.3 Å². The first-order chi connectivity index (χ1) is 16.2. The number of benzene rings is 2. The number of hydrogen-bond acceptors (Lipinski definition) is 5. The Labute approximate surface area is 205 Å². The first-order valence-corrected chi connectivity index (χ1v) is 12.5. The third-order valence-electron chi connectivity index (χ3n) is 5.97. The van der Waals surface area contributed by atoms with Crippen molar-refractivity contribution >= 4 is 29.3 Å². The van der Waals surface area contributed by atoms with Crippen molar-refractivity contribution in [2.45, 2.75) is 61.5 Å². The van der Waals surface area contributed by atoms with Gasteiger partial charge in [0.05, 0.1) is 12.6 Å². The molecule has 2 heterocycles. The predicted molar refractivity (Wildman–Crippen MR) is 134 cm³/mol. The van der Waals surface area contributed by atoms with Crippen molar-refractivity contribution in [1.29, 1.82) is 0 Å². The number of nitrogens with zero attached hydrogens (tertiary/aromatic N) is 1. The van der Waals surface area contributed by atoms with E-state index in [0.29, 0.717) is 13.1 Å². The monoisotopic (exact) mass is 480 g/mol. The van der Waals surface area contributed by atoms with E-state index in [0.717, 1.165) is 12.8 Å². The number of ether oxygens (including phenoxy) is 1. The second-order valence-corrected chi connectivity index (χ2v) is 10.8. The fraction of sp³-hybridized carbons (Fsp3) is 0.407. The number of nitrogens with one attached hydrogen (secondary N) is 1. The van der Waals surface area contributed by atoms with Crippen LogP contribution in [0.3, 0.4) is 0 Å². The molecule has 1 atom stereocenters. The van der Waals surface area contributed by atoms with E-state index in [4.69, 9.17) is 4.74 Å². The Balaban J connectivity index is 1.44. The summed E-state index contributed by atoms with van der Waals surface area (Å²) < 4.78 is 5.24. The molecule has 0 spiro atoms. The highest BCUT2D eigenvalue weighted by Crippen LogP contribution is 2.47. The maximum absolute atomic E-state index is 12.9. The second kappa shape index (κ2) is 10.2. The minimum atomic E-state index is -0.670. The van der Waals surface area contributed by atoms with Crippen LogP contribution >= 0.6 is 11.8 Å². The Morgan fingerprint density at radius 2 is 1.59 bits per heavy atom. The molecule has 2 aromatic rings. The Morgan fingerprint density at radius 3 is 2.12 bits per heavy atom. The van der Waals surface area contributed by atoms with Crippen LogP contribution in [0, 0.1) is 0 Å². The summed E-state index contributed by atoms with van der Waals surface area (Å²) in [5, 5.41) is 12.3. The van der Waals surface area contributed by atoms with Gasteiger partial charge in [0, 0.05) is 29.3 Å². The largest absolute Gasteiger partial charge is 0.444 e. The molecule has 2 aliphatic heterocycles. The average Bonchev–Trinajstić information content (AvgIpc) is 2.81. The van der Waals surface area contributed by atoms with E-state index in [1.54, 1.807) is 32.5 Å². The molecule has 2 amide bonds. The molecule has 180 valence electrons. The molecule has 1 unspecified atom stereocenters. The highest BCUT2D eigenvalue weighted by Gasteiger charge is 2.28. The van der Waals surface area contributed by atoms with Crippen LogP contribution in [0.4, 0.5) is 4.79 Å². The number of alkyl carbamates (subject to hydrolysis) is 1. The van der Waals surface area contributed by atoms with E-state index in [1.807, 2.05) is 4.90 Å². The van der Waals surface area contributed by atoms with Gasteiger partial charge in [-0.1, -0.05) is 53.7 Å². The lowest BCUT2D eigenvalue weighted by Gasteiger charge is -2.33. The summed E-state index contributed by atoms with van der Waals surface area (Å²) in [6.07, 6.45) is 1.02. The normalized spacial score (nSPS) is 16.4. The molecule has 2 aliphatic rings. The summed E-state index contributed by atoms with van der Waals surface area (Å²) in [5.74, 6) is -0.0702. The van der Waals surface area contributed by atoms with E-state index in [-0.39, 0.29) is 18.9 Å². The van der Waals surface area contributed by atoms with Crippen LogP contribution in [0.2, 0.25) is 0 Å². The average molecular weight is 481 g/mol. The SMILES string of the molecule is CC(C)(C)OC(=O)NC(CO)CC(=O)N1CCC(=C2c3ccccc3Sc3ccccc32)CC1. The third kappa shape index (κ3) is 5.65. The highest BCUT2D eigenvalue weighted by molar-refractivity contribution is 7.99. The first-order valence-electron chi connectivity index (χ1n) is 11.7. The summed E-state index contributed by atoms with van der Waals surface area (Å²) in [7, 11) is 0. The molecular weight excluding hydrogens is 448 g/mol. The standard InChI is InChI=1S/C27H32N2O4S/c1-27(2,3)33-26(32)28-19(17-30)16-24(31)29-14-12-18(13-15-29)25-20-8-4-6-10-22(20)34-23-11-7-5-9-21(23)25/h4-11,19,30H,12-17H2,1-3H3,(H,28,32). The van der Waals surface area contributed by atoms with Gasteiger partial charge in [0.15, 0.2) is 0 Å². The predicted octanol–water partition coefficient (Wildman–Crippen LogP) is 4.85. The van der Waals surface area contributed by atoms with Crippen molar-refractivity contribution in [3.63, 3.8) is 0 Å². The number of likely N-dealkylation sites (tertiary alicyclic amines) is 1. The number of piperidine rings is 1. The lowest BCUT2D eigenvalue weighted by Crippen LogP contribution is -2.45. The molecule has 0 radical (unpaired) electrons. The second-order valence-electron chi connectivity index (χ2n) is 9.68. The van der Waals surface area contributed by atoms with Crippen molar-refractivity contribution in [2.24, 2.45) is 0 Å². The zero-order valence-corrected chi connectivity index (χ0v) is 20.8. The number of aliphatic hydroxyl groups is 1. The molecule has 2 aromatic carbocycles. The van der Waals surface area contributed by atoms with Crippen molar-refractivity contribution in [3.05, 3.63) is 65.2 Å². The number of carbonyl (C=O) groups is 2. The molecule has 0 aromatic heterocycles. The molecule has 4 rings (SSSR count). The van der Waals surface area contributed by atoms with Gasteiger partial charge in [-0.25, -0.2) is 4.79 Å². The summed E-state index contributed by atoms with van der Waals surface area (Å²) in [6, 6.07) is 16.4. The Bertz CT molecular complexity index is 1050. The molecule has 34 heavy (non-hydrogen) atoms. The molecule has 1 fully saturated rings. The minimum Gasteiger partial charge on any atom is -0.444 e. The lowest BCUT2D eigenvalue weighted by atomic mass is 9.88. The number of amides is 2. The van der Waals surface area contributed by atoms with Crippen molar-refractivity contribution in [3.8, 4) is 0 Å². The van der Waals surface area contributed by atoms with Crippen LogP contribution in [0.1, 0.15) is 51.2 Å². The molecule has 0 aliphatic carbocycles. The van der Waals surface area contributed by atoms with E-state index in [2.05, 4.69) is 53.8 Å². The zero-order valence-electron chi connectivity index (χ0n) is 20.0. The van der Waals surface area contributed by atoms with Gasteiger partial charge in [0.2, 0.25) is 5.91 Å². The third-order valence-corrected chi connectivity index (χ3v) is 7.12. The van der Waals surface area contributed by atoms with Gasteiger partial charge in [0.25, 0.3) is 0 Å². The van der Waals surface area contributed by atoms with E-state index >= 15 is 0 Å². The number of aliphatic hydroxyl groups excluding tert-OH is 1. The fourth-order valence-electron chi connectivity index (χ4n) is 4.42. The van der Waals surface area contributed by atoms with Crippen LogP contribution in [0.15, 0.2) is 63.9 Å². The molecule has 6 nitrogen and oxygen atoms in total. The van der Waals surface area contributed by atoms with Crippen LogP contribution in [0.25, 0.3) is 5.57 Å². The van der Waals surface area contributed by atoms with Crippen molar-refractivity contribution in [2.75, 3.05) is 19.7 Å².